The highest BCUT2D eigenvalue weighted by Gasteiger charge is 1.98. The van der Waals surface area contributed by atoms with Gasteiger partial charge in [0.15, 0.2) is 5.82 Å². The van der Waals surface area contributed by atoms with Crippen molar-refractivity contribution in [3.63, 3.8) is 0 Å². The van der Waals surface area contributed by atoms with Crippen molar-refractivity contribution < 1.29 is 0 Å². The SMILES string of the molecule is CC.CCc1ccc(-n2cc(C)cn2)nc1. The van der Waals surface area contributed by atoms with Crippen molar-refractivity contribution in [1.29, 1.82) is 0 Å². The van der Waals surface area contributed by atoms with Crippen LogP contribution in [0.5, 0.6) is 0 Å². The van der Waals surface area contributed by atoms with E-state index in [4.69, 9.17) is 0 Å². The summed E-state index contributed by atoms with van der Waals surface area (Å²) in [5.74, 6) is 0.871. The van der Waals surface area contributed by atoms with Gasteiger partial charge in [0, 0.05) is 12.4 Å². The summed E-state index contributed by atoms with van der Waals surface area (Å²) in [7, 11) is 0. The van der Waals surface area contributed by atoms with Crippen LogP contribution in [0.1, 0.15) is 31.9 Å². The summed E-state index contributed by atoms with van der Waals surface area (Å²) < 4.78 is 1.79. The first-order valence-electron chi connectivity index (χ1n) is 5.76. The van der Waals surface area contributed by atoms with Gasteiger partial charge in [0.05, 0.1) is 6.20 Å². The lowest BCUT2D eigenvalue weighted by molar-refractivity contribution is 0.843. The number of aromatic nitrogens is 3. The predicted molar refractivity (Wildman–Crippen MR) is 66.8 cm³/mol. The Kier molecular flexibility index (Phi) is 4.70. The lowest BCUT2D eigenvalue weighted by Crippen LogP contribution is -1.97. The van der Waals surface area contributed by atoms with Gasteiger partial charge in [-0.1, -0.05) is 26.8 Å². The standard InChI is InChI=1S/C11H13N3.C2H6/c1-3-10-4-5-11(12-7-10)14-8-9(2)6-13-14;1-2/h4-8H,3H2,1-2H3;1-2H3. The van der Waals surface area contributed by atoms with Crippen LogP contribution in [0.25, 0.3) is 5.82 Å². The number of aryl methyl sites for hydroxylation is 2. The smallest absolute Gasteiger partial charge is 0.153 e. The van der Waals surface area contributed by atoms with Crippen molar-refractivity contribution in [1.82, 2.24) is 14.8 Å². The van der Waals surface area contributed by atoms with E-state index in [2.05, 4.69) is 23.1 Å². The van der Waals surface area contributed by atoms with Gasteiger partial charge in [-0.15, -0.1) is 0 Å². The molecular weight excluding hydrogens is 198 g/mol. The van der Waals surface area contributed by atoms with Crippen LogP contribution in [-0.2, 0) is 6.42 Å². The van der Waals surface area contributed by atoms with Crippen LogP contribution in [0.3, 0.4) is 0 Å². The molecule has 0 spiro atoms. The fourth-order valence-corrected chi connectivity index (χ4v) is 1.30. The molecule has 0 atom stereocenters. The molecule has 0 amide bonds. The van der Waals surface area contributed by atoms with E-state index in [1.54, 1.807) is 4.68 Å². The zero-order chi connectivity index (χ0) is 12.0. The molecule has 3 heteroatoms. The first kappa shape index (κ1) is 12.4. The topological polar surface area (TPSA) is 30.7 Å². The van der Waals surface area contributed by atoms with E-state index in [9.17, 15) is 0 Å². The Balaban J connectivity index is 0.000000606. The molecule has 0 unspecified atom stereocenters. The maximum absolute atomic E-state index is 4.33. The maximum atomic E-state index is 4.33. The summed E-state index contributed by atoms with van der Waals surface area (Å²) in [6.07, 6.45) is 6.71. The van der Waals surface area contributed by atoms with Crippen LogP contribution in [0.2, 0.25) is 0 Å². The summed E-state index contributed by atoms with van der Waals surface area (Å²) in [6.45, 7) is 8.14. The van der Waals surface area contributed by atoms with Crippen LogP contribution >= 0.6 is 0 Å². The molecule has 2 aromatic heterocycles. The summed E-state index contributed by atoms with van der Waals surface area (Å²) in [5.41, 5.74) is 2.39. The van der Waals surface area contributed by atoms with Crippen LogP contribution in [-0.4, -0.2) is 14.8 Å². The molecule has 3 nitrogen and oxygen atoms in total. The van der Waals surface area contributed by atoms with Gasteiger partial charge in [0.25, 0.3) is 0 Å². The van der Waals surface area contributed by atoms with Gasteiger partial charge >= 0.3 is 0 Å². The maximum Gasteiger partial charge on any atom is 0.153 e. The van der Waals surface area contributed by atoms with Crippen molar-refractivity contribution in [3.8, 4) is 5.82 Å². The Morgan fingerprint density at radius 3 is 2.38 bits per heavy atom. The highest BCUT2D eigenvalue weighted by Crippen LogP contribution is 2.06. The Morgan fingerprint density at radius 1 is 1.19 bits per heavy atom. The molecule has 0 fully saturated rings. The summed E-state index contributed by atoms with van der Waals surface area (Å²) >= 11 is 0. The Morgan fingerprint density at radius 2 is 1.94 bits per heavy atom. The largest absolute Gasteiger partial charge is 0.237 e. The Hall–Kier alpha value is -1.64. The van der Waals surface area contributed by atoms with E-state index < -0.39 is 0 Å². The van der Waals surface area contributed by atoms with Crippen molar-refractivity contribution in [2.24, 2.45) is 0 Å². The highest BCUT2D eigenvalue weighted by molar-refractivity contribution is 5.25. The van der Waals surface area contributed by atoms with Crippen molar-refractivity contribution >= 4 is 0 Å². The third-order valence-corrected chi connectivity index (χ3v) is 2.16. The average molecular weight is 217 g/mol. The third kappa shape index (κ3) is 2.92. The van der Waals surface area contributed by atoms with Gasteiger partial charge in [0.2, 0.25) is 0 Å². The molecule has 0 bridgehead atoms. The molecule has 0 saturated heterocycles. The summed E-state index contributed by atoms with van der Waals surface area (Å²) in [5, 5.41) is 4.20. The number of hydrogen-bond acceptors (Lipinski definition) is 2. The zero-order valence-corrected chi connectivity index (χ0v) is 10.4. The summed E-state index contributed by atoms with van der Waals surface area (Å²) in [6, 6.07) is 4.07. The molecule has 86 valence electrons. The van der Waals surface area contributed by atoms with Crippen molar-refractivity contribution in [2.45, 2.75) is 34.1 Å². The molecule has 0 saturated carbocycles. The second-order valence-corrected chi connectivity index (χ2v) is 3.34. The van der Waals surface area contributed by atoms with E-state index in [-0.39, 0.29) is 0 Å². The molecule has 2 aromatic rings. The predicted octanol–water partition coefficient (Wildman–Crippen LogP) is 3.16. The molecule has 0 N–H and O–H groups in total. The van der Waals surface area contributed by atoms with E-state index in [1.165, 1.54) is 5.56 Å². The minimum Gasteiger partial charge on any atom is -0.237 e. The molecular formula is C13H19N3. The molecule has 0 aliphatic carbocycles. The second-order valence-electron chi connectivity index (χ2n) is 3.34. The average Bonchev–Trinajstić information content (AvgIpc) is 2.79. The molecule has 0 radical (unpaired) electrons. The molecule has 0 aliphatic heterocycles. The second kappa shape index (κ2) is 6.05. The minimum absolute atomic E-state index is 0.871. The van der Waals surface area contributed by atoms with E-state index in [0.29, 0.717) is 0 Å². The van der Waals surface area contributed by atoms with Gasteiger partial charge in [0.1, 0.15) is 0 Å². The fourth-order valence-electron chi connectivity index (χ4n) is 1.30. The minimum atomic E-state index is 0.871. The monoisotopic (exact) mass is 217 g/mol. The van der Waals surface area contributed by atoms with Gasteiger partial charge < -0.3 is 0 Å². The molecule has 0 aromatic carbocycles. The third-order valence-electron chi connectivity index (χ3n) is 2.16. The number of hydrogen-bond donors (Lipinski definition) is 0. The van der Waals surface area contributed by atoms with Crippen LogP contribution in [0, 0.1) is 6.92 Å². The normalized spacial score (nSPS) is 9.50. The molecule has 16 heavy (non-hydrogen) atoms. The van der Waals surface area contributed by atoms with Crippen LogP contribution in [0.15, 0.2) is 30.7 Å². The van der Waals surface area contributed by atoms with Gasteiger partial charge in [-0.2, -0.15) is 5.10 Å². The van der Waals surface area contributed by atoms with E-state index in [0.717, 1.165) is 17.8 Å². The van der Waals surface area contributed by atoms with Crippen molar-refractivity contribution in [2.75, 3.05) is 0 Å². The molecule has 2 rings (SSSR count). The number of pyridine rings is 1. The molecule has 2 heterocycles. The van der Waals surface area contributed by atoms with Crippen molar-refractivity contribution in [3.05, 3.63) is 41.9 Å². The number of nitrogens with zero attached hydrogens (tertiary/aromatic N) is 3. The quantitative estimate of drug-likeness (QED) is 0.773. The lowest BCUT2D eigenvalue weighted by Gasteiger charge is -2.00. The first-order valence-corrected chi connectivity index (χ1v) is 5.76. The van der Waals surface area contributed by atoms with Gasteiger partial charge in [-0.25, -0.2) is 9.67 Å². The van der Waals surface area contributed by atoms with E-state index in [1.807, 2.05) is 45.4 Å². The van der Waals surface area contributed by atoms with Gasteiger partial charge in [-0.3, -0.25) is 0 Å². The zero-order valence-electron chi connectivity index (χ0n) is 10.4. The highest BCUT2D eigenvalue weighted by atomic mass is 15.3. The fraction of sp³-hybridized carbons (Fsp3) is 0.385. The summed E-state index contributed by atoms with van der Waals surface area (Å²) in [4.78, 5) is 4.33. The van der Waals surface area contributed by atoms with Crippen LogP contribution < -0.4 is 0 Å². The number of rotatable bonds is 2. The van der Waals surface area contributed by atoms with E-state index >= 15 is 0 Å². The van der Waals surface area contributed by atoms with Crippen LogP contribution in [0.4, 0.5) is 0 Å². The Bertz CT molecular complexity index is 415. The van der Waals surface area contributed by atoms with Gasteiger partial charge in [-0.05, 0) is 30.5 Å². The lowest BCUT2D eigenvalue weighted by atomic mass is 10.2. The first-order chi connectivity index (χ1) is 7.79. The Labute approximate surface area is 97.1 Å². The molecule has 0 aliphatic rings.